The minimum Gasteiger partial charge on any atom is -0.454 e. The number of rotatable bonds is 5. The van der Waals surface area contributed by atoms with Crippen molar-refractivity contribution in [2.45, 2.75) is 24.7 Å². The van der Waals surface area contributed by atoms with Gasteiger partial charge in [-0.3, -0.25) is 4.79 Å². The summed E-state index contributed by atoms with van der Waals surface area (Å²) < 4.78 is 5.58. The Morgan fingerprint density at radius 3 is 1.97 bits per heavy atom. The lowest BCUT2D eigenvalue weighted by atomic mass is 9.74. The van der Waals surface area contributed by atoms with Crippen LogP contribution in [0.15, 0.2) is 91.0 Å². The van der Waals surface area contributed by atoms with E-state index in [1.165, 1.54) is 16.8 Å². The molecular formula is C33H29NO3. The van der Waals surface area contributed by atoms with Crippen LogP contribution >= 0.6 is 0 Å². The third kappa shape index (κ3) is 3.83. The van der Waals surface area contributed by atoms with Gasteiger partial charge in [-0.05, 0) is 59.1 Å². The van der Waals surface area contributed by atoms with Crippen LogP contribution in [0.5, 0.6) is 0 Å². The maximum Gasteiger partial charge on any atom is 0.338 e. The Bertz CT molecular complexity index is 1390. The Morgan fingerprint density at radius 2 is 1.35 bits per heavy atom. The summed E-state index contributed by atoms with van der Waals surface area (Å²) in [6, 6.07) is 21.6. The molecular weight excluding hydrogens is 458 g/mol. The lowest BCUT2D eigenvalue weighted by Gasteiger charge is -2.46. The molecule has 0 saturated heterocycles. The average Bonchev–Trinajstić information content (AvgIpc) is 3.62. The zero-order valence-corrected chi connectivity index (χ0v) is 20.7. The van der Waals surface area contributed by atoms with Crippen LogP contribution in [0.1, 0.15) is 56.5 Å². The summed E-state index contributed by atoms with van der Waals surface area (Å²) >= 11 is 0. The zero-order valence-electron chi connectivity index (χ0n) is 20.7. The highest BCUT2D eigenvalue weighted by Crippen LogP contribution is 2.53. The molecule has 4 nitrogen and oxygen atoms in total. The van der Waals surface area contributed by atoms with Crippen molar-refractivity contribution >= 4 is 17.4 Å². The molecule has 0 bridgehead atoms. The van der Waals surface area contributed by atoms with Gasteiger partial charge in [-0.25, -0.2) is 4.79 Å². The minimum absolute atomic E-state index is 0.198. The Balaban J connectivity index is 1.12. The number of ether oxygens (including phenoxy) is 1. The molecule has 2 aliphatic heterocycles. The van der Waals surface area contributed by atoms with Crippen molar-refractivity contribution in [2.24, 2.45) is 11.8 Å². The molecule has 3 aromatic rings. The molecule has 0 aromatic heterocycles. The highest BCUT2D eigenvalue weighted by Gasteiger charge is 2.42. The van der Waals surface area contributed by atoms with E-state index in [9.17, 15) is 9.59 Å². The number of anilines is 1. The quantitative estimate of drug-likeness (QED) is 0.233. The summed E-state index contributed by atoms with van der Waals surface area (Å²) in [4.78, 5) is 28.6. The summed E-state index contributed by atoms with van der Waals surface area (Å²) in [6.07, 6.45) is 11.4. The third-order valence-electron chi connectivity index (χ3n) is 8.58. The topological polar surface area (TPSA) is 46.6 Å². The molecule has 37 heavy (non-hydrogen) atoms. The van der Waals surface area contributed by atoms with E-state index in [2.05, 4.69) is 29.2 Å². The van der Waals surface area contributed by atoms with Crippen LogP contribution in [0.3, 0.4) is 0 Å². The van der Waals surface area contributed by atoms with Gasteiger partial charge in [0.2, 0.25) is 0 Å². The van der Waals surface area contributed by atoms with Crippen LogP contribution in [0.4, 0.5) is 5.69 Å². The maximum atomic E-state index is 13.2. The lowest BCUT2D eigenvalue weighted by molar-refractivity contribution is 0.0474. The molecule has 0 spiro atoms. The predicted octanol–water partition coefficient (Wildman–Crippen LogP) is 6.55. The molecule has 3 aromatic carbocycles. The second-order valence-electron chi connectivity index (χ2n) is 10.8. The van der Waals surface area contributed by atoms with Gasteiger partial charge in [0, 0.05) is 36.2 Å². The number of carbonyl (C=O) groups is 2. The van der Waals surface area contributed by atoms with Crippen LogP contribution in [0.2, 0.25) is 0 Å². The first-order valence-corrected chi connectivity index (χ1v) is 13.3. The Kier molecular flexibility index (Phi) is 5.35. The van der Waals surface area contributed by atoms with Gasteiger partial charge in [0.05, 0.1) is 5.56 Å². The van der Waals surface area contributed by atoms with E-state index in [1.54, 1.807) is 12.1 Å². The number of esters is 1. The number of ketones is 1. The number of carbonyl (C=O) groups excluding carboxylic acids is 2. The first kappa shape index (κ1) is 22.3. The normalized spacial score (nSPS) is 24.4. The Labute approximate surface area is 217 Å². The number of allylic oxidation sites excluding steroid dienone is 4. The Morgan fingerprint density at radius 1 is 0.757 bits per heavy atom. The van der Waals surface area contributed by atoms with Crippen molar-refractivity contribution in [3.63, 3.8) is 0 Å². The molecule has 0 saturated carbocycles. The van der Waals surface area contributed by atoms with Gasteiger partial charge < -0.3 is 9.64 Å². The number of Topliss-reactive ketones (excluding diaryl/α,β-unsaturated/α-hetero) is 1. The molecule has 2 heterocycles. The largest absolute Gasteiger partial charge is 0.454 e. The number of benzene rings is 3. The standard InChI is InChI=1S/C33H29NO3/c35-31(23-14-12-22(13-15-23)21-6-2-1-3-7-21)20-37-33(36)26-16-29-27-10-4-8-24(27)18-34-19-25-9-5-11-28(25)30(17-26)32(29)34/h1-7,10-17,24-25,27-28H,8-9,18-20H2/t24-,25+,27-,28-/m1/s1. The van der Waals surface area contributed by atoms with Crippen molar-refractivity contribution in [2.75, 3.05) is 24.6 Å². The first-order valence-electron chi connectivity index (χ1n) is 13.3. The monoisotopic (exact) mass is 487 g/mol. The van der Waals surface area contributed by atoms with Gasteiger partial charge in [-0.2, -0.15) is 0 Å². The van der Waals surface area contributed by atoms with Gasteiger partial charge in [0.1, 0.15) is 0 Å². The van der Waals surface area contributed by atoms with Crippen LogP contribution < -0.4 is 4.90 Å². The number of hydrogen-bond acceptors (Lipinski definition) is 4. The highest BCUT2D eigenvalue weighted by atomic mass is 16.5. The molecule has 184 valence electrons. The minimum atomic E-state index is -0.423. The summed E-state index contributed by atoms with van der Waals surface area (Å²) in [6.45, 7) is 1.91. The van der Waals surface area contributed by atoms with Gasteiger partial charge >= 0.3 is 5.97 Å². The second kappa shape index (κ2) is 8.88. The molecule has 0 unspecified atom stereocenters. The zero-order chi connectivity index (χ0) is 24.9. The van der Waals surface area contributed by atoms with Crippen molar-refractivity contribution in [1.82, 2.24) is 0 Å². The van der Waals surface area contributed by atoms with E-state index in [1.807, 2.05) is 54.6 Å². The fourth-order valence-corrected chi connectivity index (χ4v) is 6.77. The van der Waals surface area contributed by atoms with Gasteiger partial charge in [0.25, 0.3) is 0 Å². The molecule has 4 atom stereocenters. The van der Waals surface area contributed by atoms with Gasteiger partial charge in [-0.1, -0.05) is 78.9 Å². The molecule has 4 heteroatoms. The van der Waals surface area contributed by atoms with Crippen LogP contribution in [0, 0.1) is 11.8 Å². The fourth-order valence-electron chi connectivity index (χ4n) is 6.77. The lowest BCUT2D eigenvalue weighted by Crippen LogP contribution is -2.43. The average molecular weight is 488 g/mol. The Hall–Kier alpha value is -3.92. The molecule has 2 aliphatic carbocycles. The van der Waals surface area contributed by atoms with Crippen LogP contribution in [-0.2, 0) is 4.74 Å². The number of fused-ring (bicyclic) bond motifs is 4. The van der Waals surface area contributed by atoms with E-state index in [4.69, 9.17) is 4.74 Å². The van der Waals surface area contributed by atoms with Crippen LogP contribution in [0.25, 0.3) is 11.1 Å². The first-order chi connectivity index (χ1) is 18.2. The molecule has 0 radical (unpaired) electrons. The van der Waals surface area contributed by atoms with E-state index >= 15 is 0 Å². The van der Waals surface area contributed by atoms with E-state index in [-0.39, 0.29) is 12.4 Å². The molecule has 4 aliphatic rings. The maximum absolute atomic E-state index is 13.2. The highest BCUT2D eigenvalue weighted by molar-refractivity contribution is 6.00. The van der Waals surface area contributed by atoms with Crippen molar-refractivity contribution in [1.29, 1.82) is 0 Å². The number of hydrogen-bond donors (Lipinski definition) is 0. The molecule has 0 N–H and O–H groups in total. The van der Waals surface area contributed by atoms with Crippen LogP contribution in [-0.4, -0.2) is 31.4 Å². The van der Waals surface area contributed by atoms with Crippen molar-refractivity contribution in [3.05, 3.63) is 113 Å². The van der Waals surface area contributed by atoms with Gasteiger partial charge in [-0.15, -0.1) is 0 Å². The molecule has 7 rings (SSSR count). The van der Waals surface area contributed by atoms with E-state index in [0.717, 1.165) is 37.1 Å². The second-order valence-corrected chi connectivity index (χ2v) is 10.8. The molecule has 0 fully saturated rings. The molecule has 0 amide bonds. The van der Waals surface area contributed by atoms with Crippen molar-refractivity contribution in [3.8, 4) is 11.1 Å². The number of nitrogens with zero attached hydrogens (tertiary/aromatic N) is 1. The summed E-state index contributed by atoms with van der Waals surface area (Å²) in [5.74, 6) is 1.22. The van der Waals surface area contributed by atoms with E-state index < -0.39 is 5.97 Å². The predicted molar refractivity (Wildman–Crippen MR) is 145 cm³/mol. The summed E-state index contributed by atoms with van der Waals surface area (Å²) in [7, 11) is 0. The fraction of sp³-hybridized carbons (Fsp3) is 0.273. The smallest absolute Gasteiger partial charge is 0.338 e. The summed E-state index contributed by atoms with van der Waals surface area (Å²) in [5, 5.41) is 0. The SMILES string of the molecule is O=C(COC(=O)c1cc2c3c(c1)[C@@H]1C=CC[C@H]1CN3C[C@H]1CC=C[C@@H]21)c1ccc(-c2ccccc2)cc1. The van der Waals surface area contributed by atoms with Crippen molar-refractivity contribution < 1.29 is 14.3 Å². The third-order valence-corrected chi connectivity index (χ3v) is 8.58. The van der Waals surface area contributed by atoms with E-state index in [0.29, 0.717) is 34.8 Å². The summed E-state index contributed by atoms with van der Waals surface area (Å²) in [5.41, 5.74) is 7.06. The van der Waals surface area contributed by atoms with Gasteiger partial charge in [0.15, 0.2) is 12.4 Å².